The zero-order valence-corrected chi connectivity index (χ0v) is 11.5. The first kappa shape index (κ1) is 12.3. The first-order chi connectivity index (χ1) is 9.29. The number of fused-ring (bicyclic) bond motifs is 1. The number of aromatic nitrogens is 2. The van der Waals surface area contributed by atoms with Crippen molar-refractivity contribution in [1.29, 1.82) is 0 Å². The van der Waals surface area contributed by atoms with Crippen molar-refractivity contribution in [3.8, 4) is 11.4 Å². The standard InChI is InChI=1S/C16H19N3/c1-3-14-13-10-17-9-8-15(13)19-16(18-14)12-7-5-4-6-11(12)2/h4-7,17H,3,8-10H2,1-2H3. The minimum Gasteiger partial charge on any atom is -0.312 e. The molecule has 0 saturated carbocycles. The highest BCUT2D eigenvalue weighted by atomic mass is 14.9. The van der Waals surface area contributed by atoms with Crippen molar-refractivity contribution in [2.45, 2.75) is 33.2 Å². The molecule has 1 aromatic heterocycles. The van der Waals surface area contributed by atoms with E-state index in [2.05, 4.69) is 43.4 Å². The average Bonchev–Trinajstić information content (AvgIpc) is 2.46. The average molecular weight is 253 g/mol. The van der Waals surface area contributed by atoms with E-state index in [4.69, 9.17) is 9.97 Å². The van der Waals surface area contributed by atoms with E-state index in [-0.39, 0.29) is 0 Å². The molecular weight excluding hydrogens is 234 g/mol. The molecule has 1 N–H and O–H groups in total. The Balaban J connectivity index is 2.15. The van der Waals surface area contributed by atoms with Crippen LogP contribution in [0.5, 0.6) is 0 Å². The van der Waals surface area contributed by atoms with E-state index in [1.807, 2.05) is 0 Å². The van der Waals surface area contributed by atoms with Crippen LogP contribution in [0.25, 0.3) is 11.4 Å². The predicted octanol–water partition coefficient (Wildman–Crippen LogP) is 2.66. The zero-order valence-electron chi connectivity index (χ0n) is 11.5. The quantitative estimate of drug-likeness (QED) is 0.894. The van der Waals surface area contributed by atoms with E-state index < -0.39 is 0 Å². The molecule has 0 spiro atoms. The maximum atomic E-state index is 4.80. The summed E-state index contributed by atoms with van der Waals surface area (Å²) in [5.41, 5.74) is 6.11. The second kappa shape index (κ2) is 5.10. The maximum Gasteiger partial charge on any atom is 0.159 e. The van der Waals surface area contributed by atoms with Crippen molar-refractivity contribution in [2.75, 3.05) is 6.54 Å². The van der Waals surface area contributed by atoms with Gasteiger partial charge in [0, 0.05) is 36.3 Å². The summed E-state index contributed by atoms with van der Waals surface area (Å²) in [6.45, 7) is 6.21. The number of rotatable bonds is 2. The summed E-state index contributed by atoms with van der Waals surface area (Å²) in [6, 6.07) is 8.34. The molecule has 3 nitrogen and oxygen atoms in total. The Kier molecular flexibility index (Phi) is 3.30. The number of aryl methyl sites for hydroxylation is 2. The van der Waals surface area contributed by atoms with Gasteiger partial charge in [-0.25, -0.2) is 9.97 Å². The smallest absolute Gasteiger partial charge is 0.159 e. The van der Waals surface area contributed by atoms with Crippen molar-refractivity contribution in [3.63, 3.8) is 0 Å². The van der Waals surface area contributed by atoms with Gasteiger partial charge in [-0.15, -0.1) is 0 Å². The van der Waals surface area contributed by atoms with E-state index in [0.717, 1.165) is 37.3 Å². The van der Waals surface area contributed by atoms with Gasteiger partial charge in [-0.2, -0.15) is 0 Å². The lowest BCUT2D eigenvalue weighted by Crippen LogP contribution is -2.26. The fourth-order valence-corrected chi connectivity index (χ4v) is 2.65. The van der Waals surface area contributed by atoms with Gasteiger partial charge in [0.2, 0.25) is 0 Å². The molecule has 0 atom stereocenters. The minimum atomic E-state index is 0.885. The highest BCUT2D eigenvalue weighted by Crippen LogP contribution is 2.24. The highest BCUT2D eigenvalue weighted by molar-refractivity contribution is 5.60. The molecule has 2 aromatic rings. The lowest BCUT2D eigenvalue weighted by Gasteiger charge is -2.20. The summed E-state index contributed by atoms with van der Waals surface area (Å²) in [7, 11) is 0. The van der Waals surface area contributed by atoms with Crippen LogP contribution >= 0.6 is 0 Å². The SMILES string of the molecule is CCc1nc(-c2ccccc2C)nc2c1CNCC2. The van der Waals surface area contributed by atoms with Crippen molar-refractivity contribution in [3.05, 3.63) is 46.8 Å². The molecule has 98 valence electrons. The van der Waals surface area contributed by atoms with Crippen molar-refractivity contribution < 1.29 is 0 Å². The van der Waals surface area contributed by atoms with Gasteiger partial charge in [-0.3, -0.25) is 0 Å². The maximum absolute atomic E-state index is 4.80. The number of benzene rings is 1. The molecule has 0 radical (unpaired) electrons. The van der Waals surface area contributed by atoms with Crippen LogP contribution in [0.2, 0.25) is 0 Å². The summed E-state index contributed by atoms with van der Waals surface area (Å²) >= 11 is 0. The Bertz CT molecular complexity index is 588. The summed E-state index contributed by atoms with van der Waals surface area (Å²) in [6.07, 6.45) is 1.97. The normalized spacial score (nSPS) is 14.2. The fraction of sp³-hybridized carbons (Fsp3) is 0.375. The van der Waals surface area contributed by atoms with Gasteiger partial charge in [-0.1, -0.05) is 31.2 Å². The van der Waals surface area contributed by atoms with Gasteiger partial charge in [-0.05, 0) is 18.9 Å². The monoisotopic (exact) mass is 253 g/mol. The molecule has 2 heterocycles. The Morgan fingerprint density at radius 2 is 2.05 bits per heavy atom. The number of nitrogens with zero attached hydrogens (tertiary/aromatic N) is 2. The predicted molar refractivity (Wildman–Crippen MR) is 77.0 cm³/mol. The Morgan fingerprint density at radius 1 is 1.21 bits per heavy atom. The van der Waals surface area contributed by atoms with Crippen LogP contribution in [-0.2, 0) is 19.4 Å². The Morgan fingerprint density at radius 3 is 2.84 bits per heavy atom. The number of hydrogen-bond acceptors (Lipinski definition) is 3. The molecule has 3 rings (SSSR count). The van der Waals surface area contributed by atoms with E-state index in [1.54, 1.807) is 0 Å². The van der Waals surface area contributed by atoms with Gasteiger partial charge in [0.1, 0.15) is 0 Å². The minimum absolute atomic E-state index is 0.885. The molecule has 3 heteroatoms. The second-order valence-corrected chi connectivity index (χ2v) is 5.01. The van der Waals surface area contributed by atoms with E-state index >= 15 is 0 Å². The van der Waals surface area contributed by atoms with E-state index in [0.29, 0.717) is 0 Å². The van der Waals surface area contributed by atoms with Crippen LogP contribution < -0.4 is 5.32 Å². The molecule has 1 aromatic carbocycles. The van der Waals surface area contributed by atoms with Gasteiger partial charge in [0.15, 0.2) is 5.82 Å². The third-order valence-corrected chi connectivity index (χ3v) is 3.74. The van der Waals surface area contributed by atoms with Crippen LogP contribution in [0.15, 0.2) is 24.3 Å². The number of nitrogens with one attached hydrogen (secondary N) is 1. The lowest BCUT2D eigenvalue weighted by atomic mass is 10.0. The van der Waals surface area contributed by atoms with Gasteiger partial charge in [0.25, 0.3) is 0 Å². The van der Waals surface area contributed by atoms with E-state index in [9.17, 15) is 0 Å². The first-order valence-corrected chi connectivity index (χ1v) is 6.95. The molecule has 0 saturated heterocycles. The molecule has 0 aliphatic carbocycles. The van der Waals surface area contributed by atoms with Crippen LogP contribution in [0.4, 0.5) is 0 Å². The highest BCUT2D eigenvalue weighted by Gasteiger charge is 2.17. The summed E-state index contributed by atoms with van der Waals surface area (Å²) in [5.74, 6) is 0.885. The van der Waals surface area contributed by atoms with Crippen LogP contribution in [0.3, 0.4) is 0 Å². The summed E-state index contributed by atoms with van der Waals surface area (Å²) < 4.78 is 0. The van der Waals surface area contributed by atoms with Crippen LogP contribution in [-0.4, -0.2) is 16.5 Å². The topological polar surface area (TPSA) is 37.8 Å². The molecule has 1 aliphatic heterocycles. The molecule has 0 bridgehead atoms. The largest absolute Gasteiger partial charge is 0.312 e. The molecule has 0 unspecified atom stereocenters. The lowest BCUT2D eigenvalue weighted by molar-refractivity contribution is 0.618. The molecule has 19 heavy (non-hydrogen) atoms. The first-order valence-electron chi connectivity index (χ1n) is 6.95. The summed E-state index contributed by atoms with van der Waals surface area (Å²) in [4.78, 5) is 9.59. The Hall–Kier alpha value is -1.74. The van der Waals surface area contributed by atoms with Crippen LogP contribution in [0, 0.1) is 6.92 Å². The van der Waals surface area contributed by atoms with Crippen molar-refractivity contribution in [1.82, 2.24) is 15.3 Å². The Labute approximate surface area is 114 Å². The third-order valence-electron chi connectivity index (χ3n) is 3.74. The molecule has 0 fully saturated rings. The van der Waals surface area contributed by atoms with Gasteiger partial charge >= 0.3 is 0 Å². The second-order valence-electron chi connectivity index (χ2n) is 5.01. The van der Waals surface area contributed by atoms with Crippen molar-refractivity contribution >= 4 is 0 Å². The molecule has 0 amide bonds. The van der Waals surface area contributed by atoms with Crippen LogP contribution in [0.1, 0.15) is 29.4 Å². The molecular formula is C16H19N3. The number of hydrogen-bond donors (Lipinski definition) is 1. The third kappa shape index (κ3) is 2.26. The summed E-state index contributed by atoms with van der Waals surface area (Å²) in [5, 5.41) is 3.41. The zero-order chi connectivity index (χ0) is 13.2. The van der Waals surface area contributed by atoms with Crippen molar-refractivity contribution in [2.24, 2.45) is 0 Å². The van der Waals surface area contributed by atoms with E-state index in [1.165, 1.54) is 22.5 Å². The molecule has 1 aliphatic rings. The van der Waals surface area contributed by atoms with Gasteiger partial charge < -0.3 is 5.32 Å². The van der Waals surface area contributed by atoms with Gasteiger partial charge in [0.05, 0.1) is 5.69 Å². The fourth-order valence-electron chi connectivity index (χ4n) is 2.65.